The van der Waals surface area contributed by atoms with Crippen LogP contribution in [-0.2, 0) is 0 Å². The van der Waals surface area contributed by atoms with E-state index in [0.717, 1.165) is 15.6 Å². The van der Waals surface area contributed by atoms with E-state index in [1.807, 2.05) is 30.3 Å². The summed E-state index contributed by atoms with van der Waals surface area (Å²) in [7, 11) is 0. The van der Waals surface area contributed by atoms with Crippen molar-refractivity contribution in [3.63, 3.8) is 0 Å². The molecule has 0 amide bonds. The summed E-state index contributed by atoms with van der Waals surface area (Å²) in [5.74, 6) is 0. The number of nitrogens with two attached hydrogens (primary N) is 1. The van der Waals surface area contributed by atoms with Crippen LogP contribution in [0.15, 0.2) is 53.0 Å². The molecule has 4 heteroatoms. The van der Waals surface area contributed by atoms with Crippen LogP contribution >= 0.6 is 27.5 Å². The predicted octanol–water partition coefficient (Wildman–Crippen LogP) is 3.84. The van der Waals surface area contributed by atoms with Crippen LogP contribution in [0.1, 0.15) is 23.3 Å². The summed E-state index contributed by atoms with van der Waals surface area (Å²) in [5.41, 5.74) is 7.66. The highest BCUT2D eigenvalue weighted by molar-refractivity contribution is 9.10. The van der Waals surface area contributed by atoms with Gasteiger partial charge in [-0.3, -0.25) is 0 Å². The van der Waals surface area contributed by atoms with E-state index in [4.69, 9.17) is 17.3 Å². The van der Waals surface area contributed by atoms with E-state index in [0.29, 0.717) is 5.02 Å². The van der Waals surface area contributed by atoms with Gasteiger partial charge in [0.2, 0.25) is 0 Å². The summed E-state index contributed by atoms with van der Waals surface area (Å²) < 4.78 is 0.982. The van der Waals surface area contributed by atoms with Gasteiger partial charge in [-0.1, -0.05) is 51.8 Å². The van der Waals surface area contributed by atoms with Gasteiger partial charge >= 0.3 is 0 Å². The lowest BCUT2D eigenvalue weighted by atomic mass is 9.97. The van der Waals surface area contributed by atoms with Crippen molar-refractivity contribution in [1.29, 1.82) is 0 Å². The third-order valence-electron chi connectivity index (χ3n) is 2.79. The minimum atomic E-state index is -0.773. The third kappa shape index (κ3) is 3.12. The number of hydrogen-bond acceptors (Lipinski definition) is 2. The minimum Gasteiger partial charge on any atom is -0.386 e. The molecule has 94 valence electrons. The molecule has 0 fully saturated rings. The summed E-state index contributed by atoms with van der Waals surface area (Å²) in [5, 5.41) is 10.8. The molecule has 0 aliphatic heterocycles. The second kappa shape index (κ2) is 5.85. The lowest BCUT2D eigenvalue weighted by Gasteiger charge is -2.19. The van der Waals surface area contributed by atoms with Crippen LogP contribution in [0.4, 0.5) is 0 Å². The van der Waals surface area contributed by atoms with Crippen LogP contribution in [-0.4, -0.2) is 5.11 Å². The Balaban J connectivity index is 2.23. The van der Waals surface area contributed by atoms with Crippen molar-refractivity contribution < 1.29 is 5.11 Å². The topological polar surface area (TPSA) is 46.2 Å². The Labute approximate surface area is 120 Å². The van der Waals surface area contributed by atoms with Crippen molar-refractivity contribution in [3.05, 3.63) is 69.2 Å². The highest BCUT2D eigenvalue weighted by Gasteiger charge is 2.18. The van der Waals surface area contributed by atoms with Gasteiger partial charge in [0, 0.05) is 9.50 Å². The maximum Gasteiger partial charge on any atom is 0.0983 e. The lowest BCUT2D eigenvalue weighted by molar-refractivity contribution is 0.147. The van der Waals surface area contributed by atoms with E-state index in [1.54, 1.807) is 18.2 Å². The molecule has 3 N–H and O–H groups in total. The quantitative estimate of drug-likeness (QED) is 0.900. The predicted molar refractivity (Wildman–Crippen MR) is 77.5 cm³/mol. The van der Waals surface area contributed by atoms with Crippen molar-refractivity contribution >= 4 is 27.5 Å². The molecule has 0 heterocycles. The van der Waals surface area contributed by atoms with Gasteiger partial charge in [0.15, 0.2) is 0 Å². The smallest absolute Gasteiger partial charge is 0.0983 e. The van der Waals surface area contributed by atoms with Crippen LogP contribution < -0.4 is 5.73 Å². The number of benzene rings is 2. The molecule has 2 atom stereocenters. The first kappa shape index (κ1) is 13.6. The first-order valence-corrected chi connectivity index (χ1v) is 6.69. The minimum absolute atomic E-state index is 0.475. The molecule has 2 rings (SSSR count). The van der Waals surface area contributed by atoms with Crippen molar-refractivity contribution in [1.82, 2.24) is 0 Å². The molecule has 0 saturated heterocycles. The van der Waals surface area contributed by atoms with Crippen LogP contribution in [0.25, 0.3) is 0 Å². The van der Waals surface area contributed by atoms with Crippen molar-refractivity contribution in [2.75, 3.05) is 0 Å². The van der Waals surface area contributed by atoms with Gasteiger partial charge in [-0.25, -0.2) is 0 Å². The zero-order valence-corrected chi connectivity index (χ0v) is 11.9. The van der Waals surface area contributed by atoms with Gasteiger partial charge in [0.25, 0.3) is 0 Å². The molecule has 0 saturated carbocycles. The normalized spacial score (nSPS) is 14.2. The average molecular weight is 327 g/mol. The third-order valence-corrected chi connectivity index (χ3v) is 3.55. The zero-order chi connectivity index (χ0) is 13.1. The molecular weight excluding hydrogens is 314 g/mol. The second-order valence-electron chi connectivity index (χ2n) is 4.08. The van der Waals surface area contributed by atoms with Gasteiger partial charge in [-0.05, 0) is 35.4 Å². The molecule has 0 aromatic heterocycles. The highest BCUT2D eigenvalue weighted by atomic mass is 79.9. The first-order chi connectivity index (χ1) is 8.58. The number of hydrogen-bond donors (Lipinski definition) is 2. The number of halogens is 2. The summed E-state index contributed by atoms with van der Waals surface area (Å²) >= 11 is 9.27. The average Bonchev–Trinajstić information content (AvgIpc) is 2.38. The molecule has 0 aliphatic rings. The summed E-state index contributed by atoms with van der Waals surface area (Å²) in [6.45, 7) is 0. The van der Waals surface area contributed by atoms with E-state index >= 15 is 0 Å². The van der Waals surface area contributed by atoms with E-state index < -0.39 is 12.1 Å². The molecular formula is C14H13BrClNO. The first-order valence-electron chi connectivity index (χ1n) is 5.52. The Morgan fingerprint density at radius 3 is 2.33 bits per heavy atom. The van der Waals surface area contributed by atoms with Crippen LogP contribution in [0.3, 0.4) is 0 Å². The largest absolute Gasteiger partial charge is 0.386 e. The summed E-state index contributed by atoms with van der Waals surface area (Å²) in [4.78, 5) is 0. The Morgan fingerprint density at radius 1 is 1.06 bits per heavy atom. The molecule has 2 unspecified atom stereocenters. The van der Waals surface area contributed by atoms with Gasteiger partial charge in [-0.15, -0.1) is 0 Å². The van der Waals surface area contributed by atoms with Gasteiger partial charge in [0.1, 0.15) is 0 Å². The van der Waals surface area contributed by atoms with Crippen molar-refractivity contribution in [3.8, 4) is 0 Å². The summed E-state index contributed by atoms with van der Waals surface area (Å²) in [6, 6.07) is 14.2. The standard InChI is InChI=1S/C14H13BrClNO/c15-11-6-4-9(5-7-11)13(17)14(18)10-2-1-3-12(16)8-10/h1-8,13-14,18H,17H2. The van der Waals surface area contributed by atoms with Gasteiger partial charge in [0.05, 0.1) is 12.1 Å². The Hall–Kier alpha value is -0.870. The fraction of sp³-hybridized carbons (Fsp3) is 0.143. The molecule has 0 bridgehead atoms. The molecule has 2 nitrogen and oxygen atoms in total. The van der Waals surface area contributed by atoms with E-state index in [-0.39, 0.29) is 0 Å². The lowest BCUT2D eigenvalue weighted by Crippen LogP contribution is -2.19. The fourth-order valence-corrected chi connectivity index (χ4v) is 2.23. The van der Waals surface area contributed by atoms with Crippen LogP contribution in [0.2, 0.25) is 5.02 Å². The molecule has 0 spiro atoms. The van der Waals surface area contributed by atoms with Crippen LogP contribution in [0.5, 0.6) is 0 Å². The van der Waals surface area contributed by atoms with Gasteiger partial charge < -0.3 is 10.8 Å². The monoisotopic (exact) mass is 325 g/mol. The molecule has 2 aromatic rings. The molecule has 2 aromatic carbocycles. The number of rotatable bonds is 3. The highest BCUT2D eigenvalue weighted by Crippen LogP contribution is 2.28. The summed E-state index contributed by atoms with van der Waals surface area (Å²) in [6.07, 6.45) is -0.773. The van der Waals surface area contributed by atoms with Gasteiger partial charge in [-0.2, -0.15) is 0 Å². The number of aliphatic hydroxyl groups excluding tert-OH is 1. The van der Waals surface area contributed by atoms with E-state index in [9.17, 15) is 5.11 Å². The Morgan fingerprint density at radius 2 is 1.72 bits per heavy atom. The maximum atomic E-state index is 10.2. The van der Waals surface area contributed by atoms with Crippen molar-refractivity contribution in [2.45, 2.75) is 12.1 Å². The molecule has 18 heavy (non-hydrogen) atoms. The number of aliphatic hydroxyl groups is 1. The maximum absolute atomic E-state index is 10.2. The fourth-order valence-electron chi connectivity index (χ4n) is 1.77. The zero-order valence-electron chi connectivity index (χ0n) is 9.55. The molecule has 0 aliphatic carbocycles. The van der Waals surface area contributed by atoms with Crippen molar-refractivity contribution in [2.24, 2.45) is 5.73 Å². The Kier molecular flexibility index (Phi) is 4.40. The van der Waals surface area contributed by atoms with Crippen LogP contribution in [0, 0.1) is 0 Å². The Bertz CT molecular complexity index is 530. The second-order valence-corrected chi connectivity index (χ2v) is 5.43. The molecule has 0 radical (unpaired) electrons. The van der Waals surface area contributed by atoms with E-state index in [1.165, 1.54) is 0 Å². The SMILES string of the molecule is NC(c1ccc(Br)cc1)C(O)c1cccc(Cl)c1. The van der Waals surface area contributed by atoms with E-state index in [2.05, 4.69) is 15.9 Å².